The smallest absolute Gasteiger partial charge is 0.247 e. The third-order valence-corrected chi connectivity index (χ3v) is 4.45. The van der Waals surface area contributed by atoms with E-state index in [1.807, 2.05) is 23.1 Å². The van der Waals surface area contributed by atoms with E-state index in [1.165, 1.54) is 11.0 Å². The van der Waals surface area contributed by atoms with Crippen molar-refractivity contribution in [1.29, 1.82) is 0 Å². The van der Waals surface area contributed by atoms with Crippen molar-refractivity contribution in [2.75, 3.05) is 20.8 Å². The fourth-order valence-electron chi connectivity index (χ4n) is 3.15. The maximum atomic E-state index is 12.9. The number of methoxy groups -OCH3 is 2. The molecule has 1 aromatic carbocycles. The van der Waals surface area contributed by atoms with Crippen molar-refractivity contribution in [3.63, 3.8) is 0 Å². The highest BCUT2D eigenvalue weighted by molar-refractivity contribution is 5.80. The van der Waals surface area contributed by atoms with Gasteiger partial charge >= 0.3 is 0 Å². The molecule has 2 heterocycles. The third kappa shape index (κ3) is 2.91. The van der Waals surface area contributed by atoms with Crippen LogP contribution in [0.2, 0.25) is 0 Å². The number of carbonyl (C=O) groups excluding carboxylic acids is 1. The summed E-state index contributed by atoms with van der Waals surface area (Å²) in [4.78, 5) is 14.8. The Morgan fingerprint density at radius 1 is 1.33 bits per heavy atom. The van der Waals surface area contributed by atoms with Gasteiger partial charge in [-0.25, -0.2) is 4.68 Å². The van der Waals surface area contributed by atoms with E-state index in [4.69, 9.17) is 9.47 Å². The second kappa shape index (κ2) is 6.86. The molecule has 1 fully saturated rings. The van der Waals surface area contributed by atoms with E-state index in [1.54, 1.807) is 21.1 Å². The number of hydrogen-bond acceptors (Lipinski definition) is 6. The number of benzene rings is 1. The zero-order valence-electron chi connectivity index (χ0n) is 14.0. The first-order valence-corrected chi connectivity index (χ1v) is 7.90. The summed E-state index contributed by atoms with van der Waals surface area (Å²) in [5, 5.41) is 11.0. The summed E-state index contributed by atoms with van der Waals surface area (Å²) < 4.78 is 12.2. The largest absolute Gasteiger partial charge is 0.497 e. The van der Waals surface area contributed by atoms with Gasteiger partial charge in [0.1, 0.15) is 23.9 Å². The standard InChI is InChI=1S/C16H21N5O3/c1-11(21-10-17-18-19-21)16(22)20-8-4-5-14(20)13-7-6-12(23-2)9-15(13)24-3/h6-7,9-11,14H,4-5,8H2,1-3H3. The molecular weight excluding hydrogens is 310 g/mol. The molecule has 1 amide bonds. The molecular formula is C16H21N5O3. The summed E-state index contributed by atoms with van der Waals surface area (Å²) >= 11 is 0. The summed E-state index contributed by atoms with van der Waals surface area (Å²) in [6.07, 6.45) is 3.31. The Hall–Kier alpha value is -2.64. The average Bonchev–Trinajstić information content (AvgIpc) is 3.31. The molecule has 1 aliphatic heterocycles. The van der Waals surface area contributed by atoms with Crippen LogP contribution in [-0.4, -0.2) is 51.8 Å². The van der Waals surface area contributed by atoms with Crippen molar-refractivity contribution in [2.45, 2.75) is 31.8 Å². The van der Waals surface area contributed by atoms with Crippen LogP contribution in [0.25, 0.3) is 0 Å². The summed E-state index contributed by atoms with van der Waals surface area (Å²) in [6, 6.07) is 5.25. The molecule has 0 spiro atoms. The predicted octanol–water partition coefficient (Wildman–Crippen LogP) is 1.61. The van der Waals surface area contributed by atoms with Crippen LogP contribution in [0.3, 0.4) is 0 Å². The first-order chi connectivity index (χ1) is 11.7. The summed E-state index contributed by atoms with van der Waals surface area (Å²) in [7, 11) is 3.25. The molecule has 8 nitrogen and oxygen atoms in total. The Balaban J connectivity index is 1.87. The van der Waals surface area contributed by atoms with Crippen molar-refractivity contribution in [1.82, 2.24) is 25.1 Å². The molecule has 0 N–H and O–H groups in total. The van der Waals surface area contributed by atoms with Gasteiger partial charge in [-0.1, -0.05) is 0 Å². The molecule has 1 aromatic heterocycles. The molecule has 1 aliphatic rings. The molecule has 2 aromatic rings. The number of hydrogen-bond donors (Lipinski definition) is 0. The van der Waals surface area contributed by atoms with Crippen LogP contribution in [0.4, 0.5) is 0 Å². The lowest BCUT2D eigenvalue weighted by Crippen LogP contribution is -2.36. The Labute approximate surface area is 140 Å². The molecule has 2 atom stereocenters. The first kappa shape index (κ1) is 16.2. The Bertz CT molecular complexity index is 704. The summed E-state index contributed by atoms with van der Waals surface area (Å²) in [5.74, 6) is 1.46. The Kier molecular flexibility index (Phi) is 4.64. The minimum atomic E-state index is -0.440. The molecule has 0 bridgehead atoms. The third-order valence-electron chi connectivity index (χ3n) is 4.45. The van der Waals surface area contributed by atoms with Crippen LogP contribution in [0, 0.1) is 0 Å². The molecule has 3 rings (SSSR count). The highest BCUT2D eigenvalue weighted by Crippen LogP contribution is 2.39. The molecule has 128 valence electrons. The number of ether oxygens (including phenoxy) is 2. The van der Waals surface area contributed by atoms with Gasteiger partial charge in [0.05, 0.1) is 20.3 Å². The van der Waals surface area contributed by atoms with E-state index >= 15 is 0 Å². The second-order valence-corrected chi connectivity index (χ2v) is 5.76. The van der Waals surface area contributed by atoms with Crippen LogP contribution >= 0.6 is 0 Å². The van der Waals surface area contributed by atoms with Crippen molar-refractivity contribution >= 4 is 5.91 Å². The fraction of sp³-hybridized carbons (Fsp3) is 0.500. The summed E-state index contributed by atoms with van der Waals surface area (Å²) in [6.45, 7) is 2.52. The molecule has 24 heavy (non-hydrogen) atoms. The average molecular weight is 331 g/mol. The lowest BCUT2D eigenvalue weighted by atomic mass is 10.0. The maximum Gasteiger partial charge on any atom is 0.247 e. The topological polar surface area (TPSA) is 82.4 Å². The van der Waals surface area contributed by atoms with Crippen molar-refractivity contribution in [3.8, 4) is 11.5 Å². The van der Waals surface area contributed by atoms with Gasteiger partial charge < -0.3 is 14.4 Å². The Morgan fingerprint density at radius 3 is 2.83 bits per heavy atom. The van der Waals surface area contributed by atoms with E-state index in [-0.39, 0.29) is 11.9 Å². The van der Waals surface area contributed by atoms with Crippen LogP contribution < -0.4 is 9.47 Å². The van der Waals surface area contributed by atoms with Crippen molar-refractivity contribution in [2.24, 2.45) is 0 Å². The fourth-order valence-corrected chi connectivity index (χ4v) is 3.15. The second-order valence-electron chi connectivity index (χ2n) is 5.76. The van der Waals surface area contributed by atoms with Gasteiger partial charge in [0.25, 0.3) is 0 Å². The quantitative estimate of drug-likeness (QED) is 0.828. The van der Waals surface area contributed by atoms with Crippen LogP contribution in [0.1, 0.15) is 37.4 Å². The number of amides is 1. The number of tetrazole rings is 1. The highest BCUT2D eigenvalue weighted by atomic mass is 16.5. The molecule has 8 heteroatoms. The zero-order valence-corrected chi connectivity index (χ0v) is 14.0. The van der Waals surface area contributed by atoms with Crippen molar-refractivity contribution < 1.29 is 14.3 Å². The van der Waals surface area contributed by atoms with E-state index < -0.39 is 6.04 Å². The lowest BCUT2D eigenvalue weighted by Gasteiger charge is -2.28. The van der Waals surface area contributed by atoms with Gasteiger partial charge in [-0.15, -0.1) is 5.10 Å². The van der Waals surface area contributed by atoms with Gasteiger partial charge in [0.2, 0.25) is 5.91 Å². The van der Waals surface area contributed by atoms with Crippen molar-refractivity contribution in [3.05, 3.63) is 30.1 Å². The van der Waals surface area contributed by atoms with E-state index in [9.17, 15) is 4.79 Å². The number of carbonyl (C=O) groups is 1. The highest BCUT2D eigenvalue weighted by Gasteiger charge is 2.34. The van der Waals surface area contributed by atoms with Crippen LogP contribution in [0.5, 0.6) is 11.5 Å². The first-order valence-electron chi connectivity index (χ1n) is 7.90. The lowest BCUT2D eigenvalue weighted by molar-refractivity contribution is -0.135. The van der Waals surface area contributed by atoms with E-state index in [0.717, 1.165) is 29.9 Å². The number of likely N-dealkylation sites (tertiary alicyclic amines) is 1. The zero-order chi connectivity index (χ0) is 17.1. The van der Waals surface area contributed by atoms with E-state index in [0.29, 0.717) is 6.54 Å². The van der Waals surface area contributed by atoms with Gasteiger partial charge in [-0.3, -0.25) is 4.79 Å². The van der Waals surface area contributed by atoms with Crippen LogP contribution in [-0.2, 0) is 4.79 Å². The molecule has 2 unspecified atom stereocenters. The minimum Gasteiger partial charge on any atom is -0.497 e. The van der Waals surface area contributed by atoms with E-state index in [2.05, 4.69) is 15.5 Å². The molecule has 0 saturated carbocycles. The number of nitrogens with zero attached hydrogens (tertiary/aromatic N) is 5. The molecule has 0 radical (unpaired) electrons. The van der Waals surface area contributed by atoms with Gasteiger partial charge in [0.15, 0.2) is 0 Å². The minimum absolute atomic E-state index is 0.00247. The van der Waals surface area contributed by atoms with Crippen LogP contribution in [0.15, 0.2) is 24.5 Å². The number of rotatable bonds is 5. The Morgan fingerprint density at radius 2 is 2.17 bits per heavy atom. The monoisotopic (exact) mass is 331 g/mol. The van der Waals surface area contributed by atoms with Gasteiger partial charge in [0, 0.05) is 18.2 Å². The summed E-state index contributed by atoms with van der Waals surface area (Å²) in [5.41, 5.74) is 0.994. The number of aromatic nitrogens is 4. The predicted molar refractivity (Wildman–Crippen MR) is 85.8 cm³/mol. The SMILES string of the molecule is COc1ccc(C2CCCN2C(=O)C(C)n2cnnn2)c(OC)c1. The normalized spacial score (nSPS) is 18.5. The maximum absolute atomic E-state index is 12.9. The molecule has 0 aliphatic carbocycles. The molecule has 1 saturated heterocycles. The van der Waals surface area contributed by atoms with Gasteiger partial charge in [-0.05, 0) is 42.3 Å². The van der Waals surface area contributed by atoms with Gasteiger partial charge in [-0.2, -0.15) is 0 Å².